The molecule has 0 fully saturated rings. The first-order valence-corrected chi connectivity index (χ1v) is 6.22. The molecule has 0 aliphatic carbocycles. The van der Waals surface area contributed by atoms with Crippen LogP contribution in [-0.4, -0.2) is 18.4 Å². The lowest BCUT2D eigenvalue weighted by molar-refractivity contribution is 0.628. The van der Waals surface area contributed by atoms with Crippen molar-refractivity contribution in [2.24, 2.45) is 5.73 Å². The number of rotatable bonds is 5. The molecule has 1 rings (SSSR count). The molecule has 0 aliphatic heterocycles. The van der Waals surface area contributed by atoms with Gasteiger partial charge in [0.25, 0.3) is 0 Å². The van der Waals surface area contributed by atoms with Gasteiger partial charge in [-0.15, -0.1) is 0 Å². The molecule has 0 saturated carbocycles. The van der Waals surface area contributed by atoms with Crippen LogP contribution in [0.5, 0.6) is 0 Å². The third-order valence-corrected chi connectivity index (χ3v) is 3.28. The van der Waals surface area contributed by atoms with Crippen LogP contribution in [0.2, 0.25) is 0 Å². The van der Waals surface area contributed by atoms with Crippen molar-refractivity contribution in [3.8, 4) is 0 Å². The minimum absolute atomic E-state index is 0.131. The van der Waals surface area contributed by atoms with Crippen LogP contribution >= 0.6 is 0 Å². The van der Waals surface area contributed by atoms with E-state index in [-0.39, 0.29) is 5.84 Å². The minimum atomic E-state index is 0.131. The van der Waals surface area contributed by atoms with E-state index in [0.29, 0.717) is 6.04 Å². The predicted molar refractivity (Wildman–Crippen MR) is 75.0 cm³/mol. The van der Waals surface area contributed by atoms with Crippen LogP contribution in [0.3, 0.4) is 0 Å². The van der Waals surface area contributed by atoms with Crippen molar-refractivity contribution in [2.75, 3.05) is 11.4 Å². The van der Waals surface area contributed by atoms with Crippen molar-refractivity contribution in [1.82, 2.24) is 0 Å². The van der Waals surface area contributed by atoms with Gasteiger partial charge in [0.2, 0.25) is 0 Å². The second-order valence-electron chi connectivity index (χ2n) is 4.46. The van der Waals surface area contributed by atoms with Gasteiger partial charge in [-0.2, -0.15) is 0 Å². The van der Waals surface area contributed by atoms with E-state index in [2.05, 4.69) is 38.7 Å². The first-order valence-electron chi connectivity index (χ1n) is 6.22. The van der Waals surface area contributed by atoms with Gasteiger partial charge in [0.05, 0.1) is 0 Å². The molecule has 0 radical (unpaired) electrons. The van der Waals surface area contributed by atoms with Gasteiger partial charge in [-0.1, -0.05) is 6.92 Å². The lowest BCUT2D eigenvalue weighted by Gasteiger charge is -2.31. The van der Waals surface area contributed by atoms with Gasteiger partial charge in [-0.05, 0) is 51.0 Å². The fourth-order valence-electron chi connectivity index (χ4n) is 2.09. The van der Waals surface area contributed by atoms with E-state index in [1.54, 1.807) is 0 Å². The zero-order chi connectivity index (χ0) is 13.0. The van der Waals surface area contributed by atoms with Gasteiger partial charge in [0.1, 0.15) is 5.84 Å². The molecule has 1 aromatic carbocycles. The Bertz CT molecular complexity index is 398. The van der Waals surface area contributed by atoms with E-state index in [9.17, 15) is 0 Å². The zero-order valence-electron chi connectivity index (χ0n) is 11.2. The van der Waals surface area contributed by atoms with Gasteiger partial charge in [-0.25, -0.2) is 0 Å². The van der Waals surface area contributed by atoms with Crippen LogP contribution < -0.4 is 10.6 Å². The Labute approximate surface area is 104 Å². The first-order chi connectivity index (χ1) is 8.01. The van der Waals surface area contributed by atoms with E-state index in [0.717, 1.165) is 18.5 Å². The van der Waals surface area contributed by atoms with Gasteiger partial charge < -0.3 is 10.6 Å². The highest BCUT2D eigenvalue weighted by atomic mass is 15.1. The quantitative estimate of drug-likeness (QED) is 0.607. The Morgan fingerprint density at radius 3 is 2.47 bits per heavy atom. The molecule has 0 aliphatic rings. The number of benzene rings is 1. The number of aryl methyl sites for hydroxylation is 1. The number of nitrogens with one attached hydrogen (secondary N) is 1. The molecule has 0 heterocycles. The van der Waals surface area contributed by atoms with Crippen molar-refractivity contribution in [2.45, 2.75) is 40.2 Å². The summed E-state index contributed by atoms with van der Waals surface area (Å²) in [7, 11) is 0. The monoisotopic (exact) mass is 233 g/mol. The largest absolute Gasteiger partial charge is 0.384 e. The number of nitrogen functional groups attached to an aromatic ring is 1. The molecule has 1 atom stereocenters. The second kappa shape index (κ2) is 5.71. The topological polar surface area (TPSA) is 53.1 Å². The highest BCUT2D eigenvalue weighted by Crippen LogP contribution is 2.23. The molecule has 3 nitrogen and oxygen atoms in total. The fraction of sp³-hybridized carbons (Fsp3) is 0.500. The fourth-order valence-corrected chi connectivity index (χ4v) is 2.09. The van der Waals surface area contributed by atoms with Crippen LogP contribution in [-0.2, 0) is 0 Å². The highest BCUT2D eigenvalue weighted by Gasteiger charge is 2.13. The molecule has 0 amide bonds. The normalized spacial score (nSPS) is 12.2. The minimum Gasteiger partial charge on any atom is -0.384 e. The van der Waals surface area contributed by atoms with Crippen molar-refractivity contribution in [1.29, 1.82) is 5.41 Å². The summed E-state index contributed by atoms with van der Waals surface area (Å²) in [6.45, 7) is 9.68. The molecule has 0 aromatic heterocycles. The van der Waals surface area contributed by atoms with Gasteiger partial charge >= 0.3 is 0 Å². The van der Waals surface area contributed by atoms with Crippen LogP contribution in [0.25, 0.3) is 0 Å². The van der Waals surface area contributed by atoms with Crippen molar-refractivity contribution < 1.29 is 0 Å². The van der Waals surface area contributed by atoms with Gasteiger partial charge in [-0.3, -0.25) is 5.41 Å². The molecule has 3 N–H and O–H groups in total. The van der Waals surface area contributed by atoms with E-state index in [4.69, 9.17) is 11.1 Å². The van der Waals surface area contributed by atoms with E-state index in [1.165, 1.54) is 11.3 Å². The Morgan fingerprint density at radius 1 is 1.41 bits per heavy atom. The third kappa shape index (κ3) is 2.99. The maximum absolute atomic E-state index is 7.44. The Kier molecular flexibility index (Phi) is 4.55. The van der Waals surface area contributed by atoms with Gasteiger partial charge in [0, 0.05) is 23.8 Å². The Balaban J connectivity index is 3.09. The second-order valence-corrected chi connectivity index (χ2v) is 4.46. The highest BCUT2D eigenvalue weighted by molar-refractivity contribution is 5.95. The molecule has 94 valence electrons. The average molecular weight is 233 g/mol. The summed E-state index contributed by atoms with van der Waals surface area (Å²) < 4.78 is 0. The Morgan fingerprint density at radius 2 is 2.06 bits per heavy atom. The zero-order valence-corrected chi connectivity index (χ0v) is 11.2. The maximum Gasteiger partial charge on any atom is 0.122 e. The SMILES string of the molecule is CCC(C)N(CC)c1ccc(C(=N)N)cc1C. The molecular weight excluding hydrogens is 210 g/mol. The lowest BCUT2D eigenvalue weighted by atomic mass is 10.1. The summed E-state index contributed by atoms with van der Waals surface area (Å²) in [6, 6.07) is 6.52. The number of anilines is 1. The molecule has 17 heavy (non-hydrogen) atoms. The molecular formula is C14H23N3. The molecule has 0 spiro atoms. The molecule has 0 bridgehead atoms. The summed E-state index contributed by atoms with van der Waals surface area (Å²) in [5, 5.41) is 7.44. The average Bonchev–Trinajstić information content (AvgIpc) is 2.31. The number of hydrogen-bond donors (Lipinski definition) is 2. The summed E-state index contributed by atoms with van der Waals surface area (Å²) in [6.07, 6.45) is 1.13. The van der Waals surface area contributed by atoms with Crippen molar-refractivity contribution >= 4 is 11.5 Å². The summed E-state index contributed by atoms with van der Waals surface area (Å²) >= 11 is 0. The van der Waals surface area contributed by atoms with Gasteiger partial charge in [0.15, 0.2) is 0 Å². The maximum atomic E-state index is 7.44. The van der Waals surface area contributed by atoms with Crippen LogP contribution in [0.4, 0.5) is 5.69 Å². The number of hydrogen-bond acceptors (Lipinski definition) is 2. The Hall–Kier alpha value is -1.51. The van der Waals surface area contributed by atoms with E-state index < -0.39 is 0 Å². The predicted octanol–water partition coefficient (Wildman–Crippen LogP) is 2.90. The standard InChI is InChI=1S/C14H23N3/c1-5-11(4)17(6-2)13-8-7-12(14(15)16)9-10(13)3/h7-9,11H,5-6H2,1-4H3,(H3,15,16). The first kappa shape index (κ1) is 13.6. The third-order valence-electron chi connectivity index (χ3n) is 3.28. The molecule has 1 aromatic rings. The molecule has 3 heteroatoms. The van der Waals surface area contributed by atoms with E-state index in [1.807, 2.05) is 12.1 Å². The smallest absolute Gasteiger partial charge is 0.122 e. The number of nitrogens with zero attached hydrogens (tertiary/aromatic N) is 1. The lowest BCUT2D eigenvalue weighted by Crippen LogP contribution is -2.32. The summed E-state index contributed by atoms with van der Waals surface area (Å²) in [5.74, 6) is 0.131. The van der Waals surface area contributed by atoms with E-state index >= 15 is 0 Å². The van der Waals surface area contributed by atoms with Crippen LogP contribution in [0, 0.1) is 12.3 Å². The summed E-state index contributed by atoms with van der Waals surface area (Å²) in [5.41, 5.74) is 8.72. The van der Waals surface area contributed by atoms with Crippen molar-refractivity contribution in [3.63, 3.8) is 0 Å². The molecule has 0 saturated heterocycles. The molecule has 1 unspecified atom stereocenters. The number of amidine groups is 1. The van der Waals surface area contributed by atoms with Crippen LogP contribution in [0.15, 0.2) is 18.2 Å². The van der Waals surface area contributed by atoms with Crippen molar-refractivity contribution in [3.05, 3.63) is 29.3 Å². The number of nitrogens with two attached hydrogens (primary N) is 1. The van der Waals surface area contributed by atoms with Crippen LogP contribution in [0.1, 0.15) is 38.3 Å². The summed E-state index contributed by atoms with van der Waals surface area (Å²) in [4.78, 5) is 2.39.